The highest BCUT2D eigenvalue weighted by Crippen LogP contribution is 2.18. The Morgan fingerprint density at radius 1 is 1.50 bits per heavy atom. The van der Waals surface area contributed by atoms with Gasteiger partial charge < -0.3 is 10.1 Å². The van der Waals surface area contributed by atoms with Crippen LogP contribution in [-0.4, -0.2) is 18.7 Å². The quantitative estimate of drug-likeness (QED) is 0.813. The van der Waals surface area contributed by atoms with Crippen molar-refractivity contribution in [1.82, 2.24) is 5.32 Å². The lowest BCUT2D eigenvalue weighted by molar-refractivity contribution is 0.140. The van der Waals surface area contributed by atoms with Crippen LogP contribution in [0.3, 0.4) is 0 Å². The van der Waals surface area contributed by atoms with E-state index in [4.69, 9.17) is 16.3 Å². The van der Waals surface area contributed by atoms with Crippen LogP contribution >= 0.6 is 11.6 Å². The zero-order valence-corrected chi connectivity index (χ0v) is 8.25. The van der Waals surface area contributed by atoms with Gasteiger partial charge in [-0.15, -0.1) is 0 Å². The molecule has 0 unspecified atom stereocenters. The van der Waals surface area contributed by atoms with Crippen LogP contribution in [0.15, 0.2) is 24.3 Å². The Balaban J connectivity index is 2.04. The first-order chi connectivity index (χ1) is 6.75. The van der Waals surface area contributed by atoms with Gasteiger partial charge in [0, 0.05) is 11.4 Å². The molecule has 1 aromatic carbocycles. The summed E-state index contributed by atoms with van der Waals surface area (Å²) in [5, 5.41) is 3.32. The molecule has 1 atom stereocenters. The summed E-state index contributed by atoms with van der Waals surface area (Å²) in [7, 11) is 0. The van der Waals surface area contributed by atoms with Gasteiger partial charge in [0.1, 0.15) is 6.10 Å². The second-order valence-corrected chi connectivity index (χ2v) is 3.61. The van der Waals surface area contributed by atoms with Gasteiger partial charge >= 0.3 is 6.09 Å². The van der Waals surface area contributed by atoms with Crippen molar-refractivity contribution in [2.45, 2.75) is 12.5 Å². The topological polar surface area (TPSA) is 38.3 Å². The SMILES string of the molecule is O=C1NC[C@H](Cc2ccccc2Cl)O1. The minimum atomic E-state index is -0.345. The summed E-state index contributed by atoms with van der Waals surface area (Å²) in [6, 6.07) is 7.58. The van der Waals surface area contributed by atoms with Crippen LogP contribution in [-0.2, 0) is 11.2 Å². The first-order valence-electron chi connectivity index (χ1n) is 4.43. The molecular formula is C10H10ClNO2. The van der Waals surface area contributed by atoms with Gasteiger partial charge in [0.25, 0.3) is 0 Å². The number of carbonyl (C=O) groups is 1. The van der Waals surface area contributed by atoms with E-state index in [1.165, 1.54) is 0 Å². The molecule has 0 bridgehead atoms. The van der Waals surface area contributed by atoms with Crippen molar-refractivity contribution in [1.29, 1.82) is 0 Å². The fourth-order valence-electron chi connectivity index (χ4n) is 1.45. The average Bonchev–Trinajstić information content (AvgIpc) is 2.56. The summed E-state index contributed by atoms with van der Waals surface area (Å²) in [5.41, 5.74) is 1.01. The fourth-order valence-corrected chi connectivity index (χ4v) is 1.67. The lowest BCUT2D eigenvalue weighted by atomic mass is 10.1. The zero-order chi connectivity index (χ0) is 9.97. The normalized spacial score (nSPS) is 20.4. The largest absolute Gasteiger partial charge is 0.444 e. The highest BCUT2D eigenvalue weighted by Gasteiger charge is 2.22. The van der Waals surface area contributed by atoms with Crippen molar-refractivity contribution in [3.8, 4) is 0 Å². The van der Waals surface area contributed by atoms with Gasteiger partial charge in [-0.05, 0) is 11.6 Å². The number of cyclic esters (lactones) is 1. The van der Waals surface area contributed by atoms with Crippen LogP contribution < -0.4 is 5.32 Å². The molecule has 1 aliphatic rings. The minimum absolute atomic E-state index is 0.0950. The van der Waals surface area contributed by atoms with Crippen molar-refractivity contribution in [2.75, 3.05) is 6.54 Å². The Morgan fingerprint density at radius 3 is 2.93 bits per heavy atom. The molecule has 2 rings (SSSR count). The molecular weight excluding hydrogens is 202 g/mol. The smallest absolute Gasteiger partial charge is 0.407 e. The van der Waals surface area contributed by atoms with Gasteiger partial charge in [0.15, 0.2) is 0 Å². The molecule has 3 nitrogen and oxygen atoms in total. The van der Waals surface area contributed by atoms with Crippen molar-refractivity contribution >= 4 is 17.7 Å². The van der Waals surface area contributed by atoms with E-state index in [1.807, 2.05) is 24.3 Å². The van der Waals surface area contributed by atoms with E-state index in [9.17, 15) is 4.79 Å². The summed E-state index contributed by atoms with van der Waals surface area (Å²) >= 11 is 5.98. The van der Waals surface area contributed by atoms with Crippen LogP contribution in [0.1, 0.15) is 5.56 Å². The second-order valence-electron chi connectivity index (χ2n) is 3.20. The van der Waals surface area contributed by atoms with Crippen LogP contribution in [0.2, 0.25) is 5.02 Å². The maximum absolute atomic E-state index is 10.8. The number of hydrogen-bond donors (Lipinski definition) is 1. The molecule has 4 heteroatoms. The van der Waals surface area contributed by atoms with Gasteiger partial charge in [0.2, 0.25) is 0 Å². The van der Waals surface area contributed by atoms with Gasteiger partial charge in [-0.2, -0.15) is 0 Å². The highest BCUT2D eigenvalue weighted by atomic mass is 35.5. The summed E-state index contributed by atoms with van der Waals surface area (Å²) in [5.74, 6) is 0. The molecule has 1 saturated heterocycles. The highest BCUT2D eigenvalue weighted by molar-refractivity contribution is 6.31. The predicted molar refractivity (Wildman–Crippen MR) is 53.4 cm³/mol. The predicted octanol–water partition coefficient (Wildman–Crippen LogP) is 1.99. The average molecular weight is 212 g/mol. The number of benzene rings is 1. The molecule has 0 spiro atoms. The number of amides is 1. The molecule has 1 amide bonds. The standard InChI is InChI=1S/C10H10ClNO2/c11-9-4-2-1-3-7(9)5-8-6-12-10(13)14-8/h1-4,8H,5-6H2,(H,12,13)/t8-/m0/s1. The number of alkyl carbamates (subject to hydrolysis) is 1. The Kier molecular flexibility index (Phi) is 2.59. The number of ether oxygens (including phenoxy) is 1. The molecule has 74 valence electrons. The van der Waals surface area contributed by atoms with Crippen molar-refractivity contribution in [2.24, 2.45) is 0 Å². The Labute approximate surface area is 87.0 Å². The molecule has 0 aromatic heterocycles. The van der Waals surface area contributed by atoms with Crippen molar-refractivity contribution in [3.05, 3.63) is 34.9 Å². The maximum atomic E-state index is 10.8. The molecule has 0 radical (unpaired) electrons. The Bertz CT molecular complexity index is 354. The summed E-state index contributed by atoms with van der Waals surface area (Å²) < 4.78 is 5.01. The summed E-state index contributed by atoms with van der Waals surface area (Å²) in [6.45, 7) is 0.560. The third-order valence-corrected chi connectivity index (χ3v) is 2.52. The second kappa shape index (κ2) is 3.88. The van der Waals surface area contributed by atoms with Crippen molar-refractivity contribution in [3.63, 3.8) is 0 Å². The van der Waals surface area contributed by atoms with Gasteiger partial charge in [-0.3, -0.25) is 0 Å². The first-order valence-corrected chi connectivity index (χ1v) is 4.81. The molecule has 0 aliphatic carbocycles. The van der Waals surface area contributed by atoms with Crippen LogP contribution in [0.5, 0.6) is 0 Å². The van der Waals surface area contributed by atoms with E-state index in [1.54, 1.807) is 0 Å². The summed E-state index contributed by atoms with van der Waals surface area (Å²) in [6.07, 6.45) is 0.225. The van der Waals surface area contributed by atoms with Gasteiger partial charge in [-0.25, -0.2) is 4.79 Å². The first kappa shape index (κ1) is 9.34. The Hall–Kier alpha value is -1.22. The molecule has 1 N–H and O–H groups in total. The third-order valence-electron chi connectivity index (χ3n) is 2.15. The van der Waals surface area contributed by atoms with E-state index in [2.05, 4.69) is 5.32 Å². The molecule has 0 saturated carbocycles. The number of carbonyl (C=O) groups excluding carboxylic acids is 1. The van der Waals surface area contributed by atoms with E-state index in [0.717, 1.165) is 10.6 Å². The Morgan fingerprint density at radius 2 is 2.29 bits per heavy atom. The molecule has 1 fully saturated rings. The number of hydrogen-bond acceptors (Lipinski definition) is 2. The van der Waals surface area contributed by atoms with Gasteiger partial charge in [-0.1, -0.05) is 29.8 Å². The lowest BCUT2D eigenvalue weighted by Gasteiger charge is -2.08. The van der Waals surface area contributed by atoms with E-state index in [0.29, 0.717) is 13.0 Å². The van der Waals surface area contributed by atoms with Crippen molar-refractivity contribution < 1.29 is 9.53 Å². The van der Waals surface area contributed by atoms with E-state index < -0.39 is 0 Å². The molecule has 1 heterocycles. The molecule has 14 heavy (non-hydrogen) atoms. The number of rotatable bonds is 2. The van der Waals surface area contributed by atoms with Gasteiger partial charge in [0.05, 0.1) is 6.54 Å². The monoisotopic (exact) mass is 211 g/mol. The summed E-state index contributed by atoms with van der Waals surface area (Å²) in [4.78, 5) is 10.8. The fraction of sp³-hybridized carbons (Fsp3) is 0.300. The van der Waals surface area contributed by atoms with E-state index in [-0.39, 0.29) is 12.2 Å². The lowest BCUT2D eigenvalue weighted by Crippen LogP contribution is -2.17. The van der Waals surface area contributed by atoms with Crippen LogP contribution in [0.4, 0.5) is 4.79 Å². The molecule has 1 aromatic rings. The van der Waals surface area contributed by atoms with Crippen LogP contribution in [0.25, 0.3) is 0 Å². The minimum Gasteiger partial charge on any atom is -0.444 e. The van der Waals surface area contributed by atoms with E-state index >= 15 is 0 Å². The zero-order valence-electron chi connectivity index (χ0n) is 7.50. The number of halogens is 1. The third kappa shape index (κ3) is 1.99. The maximum Gasteiger partial charge on any atom is 0.407 e. The number of nitrogens with one attached hydrogen (secondary N) is 1. The van der Waals surface area contributed by atoms with Crippen LogP contribution in [0, 0.1) is 0 Å². The molecule has 1 aliphatic heterocycles.